The van der Waals surface area contributed by atoms with Crippen LogP contribution in [-0.2, 0) is 0 Å². The van der Waals surface area contributed by atoms with Crippen LogP contribution in [-0.4, -0.2) is 26.0 Å². The first-order chi connectivity index (χ1) is 8.93. The molecule has 0 radical (unpaired) electrons. The molecule has 2 rings (SSSR count). The van der Waals surface area contributed by atoms with Gasteiger partial charge in [0.05, 0.1) is 11.4 Å². The lowest BCUT2D eigenvalue weighted by Gasteiger charge is -2.38. The molecule has 1 aliphatic heterocycles. The average Bonchev–Trinajstić information content (AvgIpc) is 2.39. The van der Waals surface area contributed by atoms with Crippen LogP contribution in [0.25, 0.3) is 0 Å². The molecule has 104 valence electrons. The van der Waals surface area contributed by atoms with E-state index in [1.165, 1.54) is 0 Å². The number of benzene rings is 1. The Morgan fingerprint density at radius 2 is 1.95 bits per heavy atom. The number of anilines is 2. The minimum Gasteiger partial charge on any atom is -0.397 e. The zero-order valence-corrected chi connectivity index (χ0v) is 12.0. The molecule has 3 N–H and O–H groups in total. The summed E-state index contributed by atoms with van der Waals surface area (Å²) < 4.78 is 0. The molecular weight excluding hydrogens is 238 g/mol. The second-order valence-electron chi connectivity index (χ2n) is 6.00. The Morgan fingerprint density at radius 3 is 2.53 bits per heavy atom. The SMILES string of the molecule is CNC(=O)c1ccc(N)c(N2CCC(C)(C)CC2)c1. The van der Waals surface area contributed by atoms with Crippen LogP contribution in [0.3, 0.4) is 0 Å². The summed E-state index contributed by atoms with van der Waals surface area (Å²) in [6.45, 7) is 6.59. The molecule has 0 atom stereocenters. The molecule has 0 bridgehead atoms. The molecule has 4 heteroatoms. The molecule has 0 unspecified atom stereocenters. The molecule has 1 aromatic carbocycles. The van der Waals surface area contributed by atoms with E-state index in [2.05, 4.69) is 24.1 Å². The fourth-order valence-corrected chi connectivity index (χ4v) is 2.46. The van der Waals surface area contributed by atoms with Crippen molar-refractivity contribution in [1.82, 2.24) is 5.32 Å². The minimum atomic E-state index is -0.0708. The second-order valence-corrected chi connectivity index (χ2v) is 6.00. The number of hydrogen-bond acceptors (Lipinski definition) is 3. The lowest BCUT2D eigenvalue weighted by Crippen LogP contribution is -2.37. The summed E-state index contributed by atoms with van der Waals surface area (Å²) >= 11 is 0. The quantitative estimate of drug-likeness (QED) is 0.803. The van der Waals surface area contributed by atoms with Gasteiger partial charge in [-0.15, -0.1) is 0 Å². The maximum Gasteiger partial charge on any atom is 0.251 e. The minimum absolute atomic E-state index is 0.0708. The van der Waals surface area contributed by atoms with Crippen LogP contribution < -0.4 is 16.0 Å². The highest BCUT2D eigenvalue weighted by molar-refractivity contribution is 5.96. The van der Waals surface area contributed by atoms with Crippen LogP contribution in [0.4, 0.5) is 11.4 Å². The van der Waals surface area contributed by atoms with Gasteiger partial charge in [0.2, 0.25) is 0 Å². The first kappa shape index (κ1) is 13.7. The van der Waals surface area contributed by atoms with Crippen molar-refractivity contribution < 1.29 is 4.79 Å². The molecule has 1 saturated heterocycles. The topological polar surface area (TPSA) is 58.4 Å². The Bertz CT molecular complexity index is 472. The van der Waals surface area contributed by atoms with Crippen LogP contribution in [0, 0.1) is 5.41 Å². The predicted octanol–water partition coefficient (Wildman–Crippen LogP) is 2.25. The Balaban J connectivity index is 2.22. The summed E-state index contributed by atoms with van der Waals surface area (Å²) in [5.74, 6) is -0.0708. The van der Waals surface area contributed by atoms with Crippen molar-refractivity contribution in [2.24, 2.45) is 5.41 Å². The van der Waals surface area contributed by atoms with E-state index in [1.54, 1.807) is 13.1 Å². The average molecular weight is 261 g/mol. The van der Waals surface area contributed by atoms with Crippen molar-refractivity contribution in [1.29, 1.82) is 0 Å². The number of nitrogen functional groups attached to an aromatic ring is 1. The van der Waals surface area contributed by atoms with Gasteiger partial charge >= 0.3 is 0 Å². The predicted molar refractivity (Wildman–Crippen MR) is 79.5 cm³/mol. The number of carbonyl (C=O) groups excluding carboxylic acids is 1. The Labute approximate surface area is 115 Å². The highest BCUT2D eigenvalue weighted by atomic mass is 16.1. The first-order valence-corrected chi connectivity index (χ1v) is 6.79. The van der Waals surface area contributed by atoms with Gasteiger partial charge in [-0.2, -0.15) is 0 Å². The third-order valence-electron chi connectivity index (χ3n) is 3.98. The van der Waals surface area contributed by atoms with E-state index in [0.29, 0.717) is 11.0 Å². The van der Waals surface area contributed by atoms with E-state index >= 15 is 0 Å². The van der Waals surface area contributed by atoms with Gasteiger partial charge in [-0.05, 0) is 36.5 Å². The van der Waals surface area contributed by atoms with Crippen LogP contribution in [0.15, 0.2) is 18.2 Å². The molecule has 1 aromatic rings. The standard InChI is InChI=1S/C15H23N3O/c1-15(2)6-8-18(9-7-15)13-10-11(14(19)17-3)4-5-12(13)16/h4-5,10H,6-9,16H2,1-3H3,(H,17,19). The van der Waals surface area contributed by atoms with Gasteiger partial charge in [-0.3, -0.25) is 4.79 Å². The number of rotatable bonds is 2. The van der Waals surface area contributed by atoms with Crippen LogP contribution >= 0.6 is 0 Å². The molecular formula is C15H23N3O. The number of carbonyl (C=O) groups is 1. The number of hydrogen-bond donors (Lipinski definition) is 2. The second kappa shape index (κ2) is 5.11. The van der Waals surface area contributed by atoms with Crippen molar-refractivity contribution in [3.63, 3.8) is 0 Å². The van der Waals surface area contributed by atoms with Crippen molar-refractivity contribution in [3.8, 4) is 0 Å². The number of amides is 1. The smallest absolute Gasteiger partial charge is 0.251 e. The molecule has 0 aromatic heterocycles. The normalized spacial score (nSPS) is 18.2. The van der Waals surface area contributed by atoms with Gasteiger partial charge in [0, 0.05) is 25.7 Å². The van der Waals surface area contributed by atoms with E-state index in [1.807, 2.05) is 12.1 Å². The third kappa shape index (κ3) is 3.00. The zero-order chi connectivity index (χ0) is 14.0. The van der Waals surface area contributed by atoms with Gasteiger partial charge in [0.1, 0.15) is 0 Å². The molecule has 1 heterocycles. The van der Waals surface area contributed by atoms with Gasteiger partial charge in [-0.25, -0.2) is 0 Å². The van der Waals surface area contributed by atoms with Gasteiger partial charge in [-0.1, -0.05) is 13.8 Å². The molecule has 1 amide bonds. The fraction of sp³-hybridized carbons (Fsp3) is 0.533. The van der Waals surface area contributed by atoms with Gasteiger partial charge in [0.15, 0.2) is 0 Å². The van der Waals surface area contributed by atoms with Crippen molar-refractivity contribution >= 4 is 17.3 Å². The summed E-state index contributed by atoms with van der Waals surface area (Å²) in [6, 6.07) is 5.48. The lowest BCUT2D eigenvalue weighted by molar-refractivity contribution is 0.0963. The van der Waals surface area contributed by atoms with E-state index in [4.69, 9.17) is 5.73 Å². The van der Waals surface area contributed by atoms with Crippen molar-refractivity contribution in [2.45, 2.75) is 26.7 Å². The van der Waals surface area contributed by atoms with Gasteiger partial charge in [0.25, 0.3) is 5.91 Å². The van der Waals surface area contributed by atoms with Crippen LogP contribution in [0.2, 0.25) is 0 Å². The highest BCUT2D eigenvalue weighted by Gasteiger charge is 2.26. The van der Waals surface area contributed by atoms with E-state index in [-0.39, 0.29) is 5.91 Å². The maximum atomic E-state index is 11.7. The highest BCUT2D eigenvalue weighted by Crippen LogP contribution is 2.34. The summed E-state index contributed by atoms with van der Waals surface area (Å²) in [6.07, 6.45) is 2.30. The molecule has 4 nitrogen and oxygen atoms in total. The summed E-state index contributed by atoms with van der Waals surface area (Å²) in [5, 5.41) is 2.65. The molecule has 0 aliphatic carbocycles. The monoisotopic (exact) mass is 261 g/mol. The Morgan fingerprint density at radius 1 is 1.32 bits per heavy atom. The number of nitrogens with two attached hydrogens (primary N) is 1. The third-order valence-corrected chi connectivity index (χ3v) is 3.98. The van der Waals surface area contributed by atoms with Gasteiger partial charge < -0.3 is 16.0 Å². The summed E-state index contributed by atoms with van der Waals surface area (Å²) in [5.41, 5.74) is 8.85. The number of nitrogens with zero attached hydrogens (tertiary/aromatic N) is 1. The summed E-state index contributed by atoms with van der Waals surface area (Å²) in [4.78, 5) is 14.0. The molecule has 19 heavy (non-hydrogen) atoms. The van der Waals surface area contributed by atoms with E-state index in [0.717, 1.165) is 37.3 Å². The fourth-order valence-electron chi connectivity index (χ4n) is 2.46. The summed E-state index contributed by atoms with van der Waals surface area (Å²) in [7, 11) is 1.64. The number of nitrogens with one attached hydrogen (secondary N) is 1. The van der Waals surface area contributed by atoms with Crippen LogP contribution in [0.5, 0.6) is 0 Å². The molecule has 1 aliphatic rings. The number of piperidine rings is 1. The zero-order valence-electron chi connectivity index (χ0n) is 12.0. The Kier molecular flexibility index (Phi) is 3.69. The largest absolute Gasteiger partial charge is 0.397 e. The first-order valence-electron chi connectivity index (χ1n) is 6.79. The lowest BCUT2D eigenvalue weighted by atomic mass is 9.82. The maximum absolute atomic E-state index is 11.7. The van der Waals surface area contributed by atoms with Crippen molar-refractivity contribution in [3.05, 3.63) is 23.8 Å². The molecule has 1 fully saturated rings. The van der Waals surface area contributed by atoms with E-state index < -0.39 is 0 Å². The Hall–Kier alpha value is -1.71. The van der Waals surface area contributed by atoms with E-state index in [9.17, 15) is 4.79 Å². The molecule has 0 spiro atoms. The van der Waals surface area contributed by atoms with Crippen molar-refractivity contribution in [2.75, 3.05) is 30.8 Å². The van der Waals surface area contributed by atoms with Crippen LogP contribution in [0.1, 0.15) is 37.0 Å². The molecule has 0 saturated carbocycles.